The summed E-state index contributed by atoms with van der Waals surface area (Å²) in [4.78, 5) is 46.8. The monoisotopic (exact) mass is 494 g/mol. The van der Waals surface area contributed by atoms with Gasteiger partial charge in [-0.05, 0) is 48.5 Å². The Morgan fingerprint density at radius 2 is 1.50 bits per heavy atom. The van der Waals surface area contributed by atoms with Crippen LogP contribution in [0.4, 0.5) is 8.78 Å². The van der Waals surface area contributed by atoms with E-state index in [4.69, 9.17) is 5.11 Å². The van der Waals surface area contributed by atoms with Gasteiger partial charge in [0.15, 0.2) is 0 Å². The molecule has 184 valence electrons. The van der Waals surface area contributed by atoms with E-state index in [0.717, 1.165) is 16.5 Å². The summed E-state index contributed by atoms with van der Waals surface area (Å²) in [6.45, 7) is 1.70. The van der Waals surface area contributed by atoms with Gasteiger partial charge < -0.3 is 9.84 Å². The Bertz CT molecular complexity index is 1600. The van der Waals surface area contributed by atoms with E-state index in [1.54, 1.807) is 31.2 Å². The van der Waals surface area contributed by atoms with Crippen molar-refractivity contribution in [3.05, 3.63) is 71.6 Å². The van der Waals surface area contributed by atoms with E-state index in [-0.39, 0.29) is 5.91 Å². The van der Waals surface area contributed by atoms with E-state index in [1.165, 1.54) is 40.5 Å². The zero-order valence-electron chi connectivity index (χ0n) is 19.2. The maximum Gasteiger partial charge on any atom is 0.318 e. The van der Waals surface area contributed by atoms with Crippen LogP contribution in [0.25, 0.3) is 21.8 Å². The molecular weight excluding hydrogens is 474 g/mol. The van der Waals surface area contributed by atoms with Gasteiger partial charge in [0.25, 0.3) is 0 Å². The van der Waals surface area contributed by atoms with Crippen molar-refractivity contribution in [2.75, 3.05) is 7.11 Å². The van der Waals surface area contributed by atoms with Gasteiger partial charge in [0.2, 0.25) is 11.8 Å². The van der Waals surface area contributed by atoms with Gasteiger partial charge in [0.1, 0.15) is 23.5 Å². The smallest absolute Gasteiger partial charge is 0.318 e. The van der Waals surface area contributed by atoms with E-state index < -0.39 is 47.2 Å². The number of hydrogen-bond acceptors (Lipinski definition) is 5. The van der Waals surface area contributed by atoms with Crippen LogP contribution in [0.5, 0.6) is 0 Å². The van der Waals surface area contributed by atoms with E-state index in [2.05, 4.69) is 4.74 Å². The van der Waals surface area contributed by atoms with Crippen LogP contribution in [-0.4, -0.2) is 45.1 Å². The molecule has 4 aromatic rings. The normalized spacial score (nSPS) is 20.3. The zero-order chi connectivity index (χ0) is 25.9. The number of aliphatic carboxylic acids is 1. The molecule has 2 aromatic carbocycles. The van der Waals surface area contributed by atoms with Crippen molar-refractivity contribution in [1.82, 2.24) is 9.13 Å². The maximum atomic E-state index is 13.2. The number of carboxylic acids is 1. The van der Waals surface area contributed by atoms with E-state index in [9.17, 15) is 28.0 Å². The van der Waals surface area contributed by atoms with Gasteiger partial charge in [0.05, 0.1) is 18.1 Å². The zero-order valence-corrected chi connectivity index (χ0v) is 19.2. The summed E-state index contributed by atoms with van der Waals surface area (Å²) < 4.78 is 33.8. The highest BCUT2D eigenvalue weighted by atomic mass is 19.1. The standard InChI is InChI=1S/2C13H10FNO3/c1-18-13(17)10-6-9-4-7-2-3-8(14)5-11(7)15(9)12(10)16;1-6-9-4-7-2-3-8(14)5-10(7)15(9)12(16)11(6)13(17)18/h2-5,10H,6H2,1H3;2-6,11H,1H3,(H,17,18). The average Bonchev–Trinajstić information content (AvgIpc) is 3.53. The molecule has 2 aromatic heterocycles. The summed E-state index contributed by atoms with van der Waals surface area (Å²) in [5.41, 5.74) is 2.29. The predicted molar refractivity (Wildman–Crippen MR) is 124 cm³/mol. The fraction of sp³-hybridized carbons (Fsp3) is 0.231. The molecule has 3 unspecified atom stereocenters. The first-order valence-electron chi connectivity index (χ1n) is 11.1. The number of aromatic nitrogens is 2. The number of esters is 1. The first kappa shape index (κ1) is 23.4. The molecule has 0 bridgehead atoms. The number of carboxylic acid groups (broad SMARTS) is 1. The summed E-state index contributed by atoms with van der Waals surface area (Å²) >= 11 is 0. The first-order valence-corrected chi connectivity index (χ1v) is 11.1. The minimum Gasteiger partial charge on any atom is -0.481 e. The SMILES string of the molecule is CC1c2cc3ccc(F)cc3n2C(=O)C1C(=O)O.COC(=O)C1Cc2cc3ccc(F)cc3n2C1=O. The van der Waals surface area contributed by atoms with Gasteiger partial charge in [-0.1, -0.05) is 6.92 Å². The topological polar surface area (TPSA) is 108 Å². The Morgan fingerprint density at radius 1 is 0.917 bits per heavy atom. The van der Waals surface area contributed by atoms with E-state index >= 15 is 0 Å². The number of carbonyl (C=O) groups excluding carboxylic acids is 3. The van der Waals surface area contributed by atoms with Gasteiger partial charge >= 0.3 is 11.9 Å². The number of benzene rings is 2. The molecule has 4 heterocycles. The number of nitrogens with zero attached hydrogens (tertiary/aromatic N) is 2. The van der Waals surface area contributed by atoms with Crippen LogP contribution in [0.1, 0.15) is 33.8 Å². The lowest BCUT2D eigenvalue weighted by atomic mass is 9.94. The van der Waals surface area contributed by atoms with Gasteiger partial charge in [-0.3, -0.25) is 28.3 Å². The predicted octanol–water partition coefficient (Wildman–Crippen LogP) is 4.00. The molecule has 3 atom stereocenters. The highest BCUT2D eigenvalue weighted by molar-refractivity contribution is 6.07. The summed E-state index contributed by atoms with van der Waals surface area (Å²) in [7, 11) is 1.25. The van der Waals surface area contributed by atoms with Crippen molar-refractivity contribution in [2.45, 2.75) is 19.3 Å². The Hall–Kier alpha value is -4.34. The lowest BCUT2D eigenvalue weighted by molar-refractivity contribution is -0.143. The van der Waals surface area contributed by atoms with Gasteiger partial charge in [0, 0.05) is 34.5 Å². The Morgan fingerprint density at radius 3 is 2.08 bits per heavy atom. The Labute approximate surface area is 202 Å². The molecule has 0 aliphatic carbocycles. The molecule has 2 aliphatic heterocycles. The van der Waals surface area contributed by atoms with Crippen LogP contribution in [0.2, 0.25) is 0 Å². The van der Waals surface area contributed by atoms with Crippen LogP contribution in [-0.2, 0) is 20.7 Å². The molecule has 36 heavy (non-hydrogen) atoms. The maximum absolute atomic E-state index is 13.2. The van der Waals surface area contributed by atoms with E-state index in [1.807, 2.05) is 0 Å². The lowest BCUT2D eigenvalue weighted by Crippen LogP contribution is -2.24. The van der Waals surface area contributed by atoms with Gasteiger partial charge in [-0.25, -0.2) is 8.78 Å². The number of halogens is 2. The Balaban J connectivity index is 0.000000148. The summed E-state index contributed by atoms with van der Waals surface area (Å²) in [5.74, 6) is -5.66. The minimum absolute atomic E-state index is 0.307. The number of carbonyl (C=O) groups is 4. The van der Waals surface area contributed by atoms with Crippen molar-refractivity contribution < 1.29 is 37.8 Å². The van der Waals surface area contributed by atoms with Crippen LogP contribution in [0, 0.1) is 23.5 Å². The van der Waals surface area contributed by atoms with Crippen molar-refractivity contribution >= 4 is 45.6 Å². The highest BCUT2D eigenvalue weighted by Gasteiger charge is 2.43. The second-order valence-corrected chi connectivity index (χ2v) is 8.84. The van der Waals surface area contributed by atoms with Crippen LogP contribution < -0.4 is 0 Å². The summed E-state index contributed by atoms with van der Waals surface area (Å²) in [5, 5.41) is 10.6. The van der Waals surface area contributed by atoms with Gasteiger partial charge in [-0.2, -0.15) is 0 Å². The molecule has 0 saturated carbocycles. The number of fused-ring (bicyclic) bond motifs is 6. The fourth-order valence-electron chi connectivity index (χ4n) is 5.04. The summed E-state index contributed by atoms with van der Waals surface area (Å²) in [6, 6.07) is 12.0. The third-order valence-electron chi connectivity index (χ3n) is 6.77. The molecule has 8 nitrogen and oxygen atoms in total. The van der Waals surface area contributed by atoms with E-state index in [0.29, 0.717) is 23.1 Å². The minimum atomic E-state index is -1.14. The van der Waals surface area contributed by atoms with Gasteiger partial charge in [-0.15, -0.1) is 0 Å². The van der Waals surface area contributed by atoms with Crippen LogP contribution in [0.3, 0.4) is 0 Å². The average molecular weight is 494 g/mol. The van der Waals surface area contributed by atoms with Crippen molar-refractivity contribution in [1.29, 1.82) is 0 Å². The number of hydrogen-bond donors (Lipinski definition) is 1. The second-order valence-electron chi connectivity index (χ2n) is 8.84. The second kappa shape index (κ2) is 8.40. The third kappa shape index (κ3) is 3.48. The Kier molecular flexibility index (Phi) is 5.46. The molecule has 6 rings (SSSR count). The number of methoxy groups -OCH3 is 1. The van der Waals surface area contributed by atoms with Crippen molar-refractivity contribution in [2.24, 2.45) is 11.8 Å². The number of ether oxygens (including phenoxy) is 1. The van der Waals surface area contributed by atoms with Crippen LogP contribution in [0.15, 0.2) is 48.5 Å². The molecule has 1 N–H and O–H groups in total. The third-order valence-corrected chi connectivity index (χ3v) is 6.77. The molecule has 2 aliphatic rings. The molecule has 0 amide bonds. The molecule has 10 heteroatoms. The quantitative estimate of drug-likeness (QED) is 0.333. The van der Waals surface area contributed by atoms with Crippen molar-refractivity contribution in [3.8, 4) is 0 Å². The molecule has 0 radical (unpaired) electrons. The molecular formula is C26H20F2N2O6. The lowest BCUT2D eigenvalue weighted by Gasteiger charge is -2.07. The molecule has 0 spiro atoms. The largest absolute Gasteiger partial charge is 0.481 e. The fourth-order valence-corrected chi connectivity index (χ4v) is 5.04. The number of rotatable bonds is 2. The molecule has 0 fully saturated rings. The van der Waals surface area contributed by atoms with Crippen molar-refractivity contribution in [3.63, 3.8) is 0 Å². The van der Waals surface area contributed by atoms with Crippen LogP contribution >= 0.6 is 0 Å². The highest BCUT2D eigenvalue weighted by Crippen LogP contribution is 2.38. The summed E-state index contributed by atoms with van der Waals surface area (Å²) in [6.07, 6.45) is 0.307. The molecule has 0 saturated heterocycles. The first-order chi connectivity index (χ1) is 17.1.